The van der Waals surface area contributed by atoms with Crippen LogP contribution in [-0.2, 0) is 31.9 Å². The van der Waals surface area contributed by atoms with Crippen molar-refractivity contribution in [1.29, 1.82) is 0 Å². The van der Waals surface area contributed by atoms with E-state index in [1.54, 1.807) is 0 Å². The number of aromatic nitrogens is 2. The van der Waals surface area contributed by atoms with Crippen molar-refractivity contribution in [2.45, 2.75) is 57.9 Å². The minimum Gasteiger partial charge on any atom is -0.319 e. The van der Waals surface area contributed by atoms with Gasteiger partial charge in [0.1, 0.15) is 22.7 Å². The first-order valence-electron chi connectivity index (χ1n) is 19.0. The largest absolute Gasteiger partial charge is 0.319 e. The Labute approximate surface area is 344 Å². The second kappa shape index (κ2) is 14.2. The Kier molecular flexibility index (Phi) is 9.51. The molecule has 6 aromatic carbocycles. The first-order chi connectivity index (χ1) is 26.5. The van der Waals surface area contributed by atoms with Crippen LogP contribution in [0.3, 0.4) is 0 Å². The Morgan fingerprint density at radius 2 is 1.18 bits per heavy atom. The van der Waals surface area contributed by atoms with Gasteiger partial charge in [0.25, 0.3) is 0 Å². The Morgan fingerprint density at radius 1 is 0.554 bits per heavy atom. The third-order valence-corrected chi connectivity index (χ3v) is 10.8. The van der Waals surface area contributed by atoms with Gasteiger partial charge in [-0.2, -0.15) is 35.3 Å². The number of benzene rings is 6. The molecule has 0 radical (unpaired) electrons. The Bertz CT molecular complexity index is 2630. The van der Waals surface area contributed by atoms with Gasteiger partial charge in [0.2, 0.25) is 0 Å². The van der Waals surface area contributed by atoms with Crippen molar-refractivity contribution < 1.29 is 26.0 Å². The molecule has 0 atom stereocenters. The van der Waals surface area contributed by atoms with Crippen LogP contribution in [0.1, 0.15) is 69.4 Å². The second-order valence-corrected chi connectivity index (χ2v) is 16.4. The first-order valence-corrected chi connectivity index (χ1v) is 19.0. The van der Waals surface area contributed by atoms with Gasteiger partial charge in [0.05, 0.1) is 0 Å². The van der Waals surface area contributed by atoms with Crippen molar-refractivity contribution in [3.05, 3.63) is 198 Å². The summed E-state index contributed by atoms with van der Waals surface area (Å²) in [6, 6.07) is 61.9. The average molecular weight is 913 g/mol. The first kappa shape index (κ1) is 37.4. The van der Waals surface area contributed by atoms with Crippen molar-refractivity contribution >= 4 is 38.9 Å². The molecule has 2 aromatic heterocycles. The van der Waals surface area contributed by atoms with E-state index in [-0.39, 0.29) is 32.0 Å². The summed E-state index contributed by atoms with van der Waals surface area (Å²) in [5.74, 6) is 0.878. The summed E-state index contributed by atoms with van der Waals surface area (Å²) in [6.07, 6.45) is 1.93. The van der Waals surface area contributed by atoms with Gasteiger partial charge in [-0.25, -0.2) is 4.98 Å². The zero-order chi connectivity index (χ0) is 38.0. The van der Waals surface area contributed by atoms with Crippen molar-refractivity contribution in [3.63, 3.8) is 0 Å². The zero-order valence-electron chi connectivity index (χ0n) is 32.6. The molecule has 56 heavy (non-hydrogen) atoms. The van der Waals surface area contributed by atoms with Gasteiger partial charge < -0.3 is 4.57 Å². The predicted molar refractivity (Wildman–Crippen MR) is 226 cm³/mol. The smallest absolute Gasteiger partial charge is 0.145 e. The molecule has 282 valence electrons. The Balaban J connectivity index is 0.00000441. The molecule has 5 nitrogen and oxygen atoms in total. The van der Waals surface area contributed by atoms with Gasteiger partial charge in [-0.3, -0.25) is 0 Å². The molecule has 6 heteroatoms. The average Bonchev–Trinajstić information content (AvgIpc) is 3.76. The van der Waals surface area contributed by atoms with E-state index in [0.29, 0.717) is 0 Å². The van der Waals surface area contributed by atoms with Crippen molar-refractivity contribution in [3.8, 4) is 5.82 Å². The molecule has 3 heterocycles. The number of fused-ring (bicyclic) bond motifs is 4. The van der Waals surface area contributed by atoms with Gasteiger partial charge in [-0.1, -0.05) is 117 Å². The van der Waals surface area contributed by atoms with Crippen LogP contribution in [0.15, 0.2) is 158 Å². The van der Waals surface area contributed by atoms with Crippen LogP contribution in [0, 0.1) is 12.1 Å². The Morgan fingerprint density at radius 3 is 1.86 bits per heavy atom. The fraction of sp³-hybridized carbons (Fsp3) is 0.180. The van der Waals surface area contributed by atoms with E-state index in [1.165, 1.54) is 10.9 Å². The number of pyridine rings is 1. The summed E-state index contributed by atoms with van der Waals surface area (Å²) in [4.78, 5) is 10.2. The topological polar surface area (TPSA) is 37.1 Å². The van der Waals surface area contributed by atoms with Crippen molar-refractivity contribution in [2.75, 3.05) is 10.1 Å². The van der Waals surface area contributed by atoms with Gasteiger partial charge >= 0.3 is 0 Å². The number of rotatable bonds is 6. The summed E-state index contributed by atoms with van der Waals surface area (Å²) < 4.78 is 2.28. The maximum absolute atomic E-state index is 5.19. The standard InChI is InChI=1S/C50H44N4O.Pt/c1-48(2,3)37-30-31-51-47(34-37)52-43-25-14-13-24-41(43)42-29-28-39(33-46(42)52)50(35-18-9-7-10-19-35,36-20-11-8-12-21-36)38-22-17-23-40(32-38)53-44-26-15-16-27-45(44)54(55-53)49(4,5)6;/h7-31,34H,1-6H3;/q-2;/p+1. The number of hydrogen-bond donors (Lipinski definition) is 0. The fourth-order valence-corrected chi connectivity index (χ4v) is 8.15. The number of hydroxylamine groups is 1. The van der Waals surface area contributed by atoms with Crippen LogP contribution in [0.5, 0.6) is 0 Å². The molecular weight excluding hydrogens is 868 g/mol. The summed E-state index contributed by atoms with van der Waals surface area (Å²) >= 11 is 0. The predicted octanol–water partition coefficient (Wildman–Crippen LogP) is 12.1. The van der Waals surface area contributed by atoms with Crippen LogP contribution in [0.25, 0.3) is 27.6 Å². The van der Waals surface area contributed by atoms with E-state index < -0.39 is 5.41 Å². The fourth-order valence-electron chi connectivity index (χ4n) is 8.15. The zero-order valence-corrected chi connectivity index (χ0v) is 34.8. The molecule has 1 N–H and O–H groups in total. The quantitative estimate of drug-likeness (QED) is 0.0947. The third-order valence-electron chi connectivity index (χ3n) is 10.8. The van der Waals surface area contributed by atoms with Crippen molar-refractivity contribution in [2.24, 2.45) is 0 Å². The molecule has 0 amide bonds. The minimum atomic E-state index is -0.794. The molecule has 0 aliphatic carbocycles. The molecule has 0 saturated carbocycles. The van der Waals surface area contributed by atoms with Gasteiger partial charge in [-0.15, -0.1) is 38.8 Å². The van der Waals surface area contributed by atoms with Gasteiger partial charge in [0.15, 0.2) is 0 Å². The summed E-state index contributed by atoms with van der Waals surface area (Å²) in [5, 5.41) is 6.43. The third kappa shape index (κ3) is 6.15. The van der Waals surface area contributed by atoms with Gasteiger partial charge in [0, 0.05) is 43.9 Å². The summed E-state index contributed by atoms with van der Waals surface area (Å²) in [6.45, 7) is 13.3. The van der Waals surface area contributed by atoms with Gasteiger partial charge in [-0.05, 0) is 78.6 Å². The number of para-hydroxylation sites is 3. The Hall–Kier alpha value is -5.48. The molecule has 0 bridgehead atoms. The number of nitrogens with zero attached hydrogens (tertiary/aromatic N) is 4. The molecule has 0 fully saturated rings. The molecule has 0 unspecified atom stereocenters. The van der Waals surface area contributed by atoms with E-state index in [0.717, 1.165) is 61.6 Å². The SMILES string of the molecule is CC(C)(C)c1ccnc(-n2c3[c-]c(C(c4[c-]c(N5[OH+]N(C(C)(C)C)c6ccccc65)ccc4)(c4ccccc4)c4ccccc4)ccc3c3ccccc32)c1.[Pt]. The summed E-state index contributed by atoms with van der Waals surface area (Å²) in [7, 11) is 0. The minimum absolute atomic E-state index is 0. The molecule has 9 rings (SSSR count). The van der Waals surface area contributed by atoms with Crippen LogP contribution < -0.4 is 10.1 Å². The second-order valence-electron chi connectivity index (χ2n) is 16.4. The van der Waals surface area contributed by atoms with Crippen molar-refractivity contribution in [1.82, 2.24) is 9.55 Å². The normalized spacial score (nSPS) is 13.2. The van der Waals surface area contributed by atoms with E-state index in [2.05, 4.69) is 215 Å². The maximum atomic E-state index is 5.19. The van der Waals surface area contributed by atoms with Crippen LogP contribution >= 0.6 is 0 Å². The number of hydrogen-bond acceptors (Lipinski definition) is 3. The molecule has 8 aromatic rings. The molecule has 0 saturated heterocycles. The molecule has 1 aliphatic heterocycles. The molecule has 1 aliphatic rings. The van der Waals surface area contributed by atoms with E-state index in [4.69, 9.17) is 9.92 Å². The maximum Gasteiger partial charge on any atom is 0.145 e. The number of anilines is 3. The van der Waals surface area contributed by atoms with Crippen LogP contribution in [0.2, 0.25) is 0 Å². The van der Waals surface area contributed by atoms with Crippen LogP contribution in [0.4, 0.5) is 17.1 Å². The van der Waals surface area contributed by atoms with E-state index in [1.807, 2.05) is 11.3 Å². The summed E-state index contributed by atoms with van der Waals surface area (Å²) in [5.41, 5.74) is 9.48. The monoisotopic (exact) mass is 912 g/mol. The van der Waals surface area contributed by atoms with E-state index in [9.17, 15) is 0 Å². The van der Waals surface area contributed by atoms with E-state index >= 15 is 0 Å². The van der Waals surface area contributed by atoms with Crippen LogP contribution in [-0.4, -0.2) is 20.0 Å². The molecule has 0 spiro atoms. The molecular formula is C50H45N4OPt-.